The number of amides is 1. The zero-order valence-electron chi connectivity index (χ0n) is 13.6. The second-order valence-corrected chi connectivity index (χ2v) is 5.28. The van der Waals surface area contributed by atoms with Gasteiger partial charge in [-0.15, -0.1) is 0 Å². The van der Waals surface area contributed by atoms with Gasteiger partial charge in [-0.2, -0.15) is 13.2 Å². The van der Waals surface area contributed by atoms with Crippen LogP contribution in [0.15, 0.2) is 30.1 Å². The first kappa shape index (κ1) is 20.3. The number of ether oxygens (including phenoxy) is 2. The van der Waals surface area contributed by atoms with Crippen LogP contribution in [0.2, 0.25) is 0 Å². The van der Waals surface area contributed by atoms with Crippen molar-refractivity contribution >= 4 is 17.7 Å². The van der Waals surface area contributed by atoms with Gasteiger partial charge in [-0.25, -0.2) is 9.78 Å². The number of nitrogens with zero attached hydrogens (tertiary/aromatic N) is 1. The minimum absolute atomic E-state index is 0.0781. The zero-order chi connectivity index (χ0) is 20.4. The predicted octanol–water partition coefficient (Wildman–Crippen LogP) is 0.0482. The molecule has 0 aromatic carbocycles. The van der Waals surface area contributed by atoms with Crippen molar-refractivity contribution < 1.29 is 47.2 Å². The van der Waals surface area contributed by atoms with Gasteiger partial charge in [0.25, 0.3) is 5.91 Å². The highest BCUT2D eigenvalue weighted by atomic mass is 19.4. The molecule has 3 unspecified atom stereocenters. The third kappa shape index (κ3) is 4.80. The SMILES string of the molecule is COc1cccnc1C(=O)NC1=CC(=O)C2OC2C1O.O=C(O)C(F)(F)F. The lowest BCUT2D eigenvalue weighted by Gasteiger charge is -2.17. The van der Waals surface area contributed by atoms with E-state index in [2.05, 4.69) is 10.3 Å². The summed E-state index contributed by atoms with van der Waals surface area (Å²) in [6, 6.07) is 3.23. The maximum atomic E-state index is 12.1. The van der Waals surface area contributed by atoms with E-state index in [1.54, 1.807) is 12.1 Å². The number of halogens is 3. The number of ketones is 1. The molecule has 2 aliphatic rings. The van der Waals surface area contributed by atoms with Gasteiger partial charge in [0.2, 0.25) is 0 Å². The summed E-state index contributed by atoms with van der Waals surface area (Å²) in [7, 11) is 1.43. The summed E-state index contributed by atoms with van der Waals surface area (Å²) in [6.45, 7) is 0. The van der Waals surface area contributed by atoms with Gasteiger partial charge in [-0.3, -0.25) is 9.59 Å². The van der Waals surface area contributed by atoms with E-state index in [-0.39, 0.29) is 17.2 Å². The van der Waals surface area contributed by atoms with Gasteiger partial charge in [-0.1, -0.05) is 0 Å². The van der Waals surface area contributed by atoms with Gasteiger partial charge >= 0.3 is 12.1 Å². The molecule has 1 fully saturated rings. The summed E-state index contributed by atoms with van der Waals surface area (Å²) in [5, 5.41) is 19.5. The van der Waals surface area contributed by atoms with Crippen molar-refractivity contribution in [2.24, 2.45) is 0 Å². The summed E-state index contributed by atoms with van der Waals surface area (Å²) in [5.41, 5.74) is 0.195. The van der Waals surface area contributed by atoms with Crippen LogP contribution in [-0.4, -0.2) is 64.5 Å². The first-order chi connectivity index (χ1) is 12.6. The number of hydrogen-bond acceptors (Lipinski definition) is 7. The molecule has 146 valence electrons. The Labute approximate surface area is 149 Å². The molecule has 2 heterocycles. The van der Waals surface area contributed by atoms with Crippen LogP contribution in [0.3, 0.4) is 0 Å². The molecule has 1 aliphatic heterocycles. The van der Waals surface area contributed by atoms with E-state index in [1.807, 2.05) is 0 Å². The number of carboxylic acids is 1. The summed E-state index contributed by atoms with van der Waals surface area (Å²) < 4.78 is 41.8. The van der Waals surface area contributed by atoms with E-state index in [4.69, 9.17) is 19.4 Å². The number of carbonyl (C=O) groups is 3. The minimum atomic E-state index is -5.08. The van der Waals surface area contributed by atoms with Crippen molar-refractivity contribution in [1.29, 1.82) is 0 Å². The molecule has 3 N–H and O–H groups in total. The average molecular weight is 390 g/mol. The first-order valence-corrected chi connectivity index (χ1v) is 7.25. The Balaban J connectivity index is 0.000000321. The molecular weight excluding hydrogens is 377 g/mol. The lowest BCUT2D eigenvalue weighted by atomic mass is 10.0. The van der Waals surface area contributed by atoms with Crippen molar-refractivity contribution in [1.82, 2.24) is 10.3 Å². The number of hydrogen-bond donors (Lipinski definition) is 3. The van der Waals surface area contributed by atoms with Crippen LogP contribution in [-0.2, 0) is 14.3 Å². The molecule has 3 rings (SSSR count). The highest BCUT2D eigenvalue weighted by molar-refractivity contribution is 6.01. The van der Waals surface area contributed by atoms with E-state index in [0.717, 1.165) is 0 Å². The Bertz CT molecular complexity index is 794. The molecule has 12 heteroatoms. The van der Waals surface area contributed by atoms with Crippen LogP contribution in [0, 0.1) is 0 Å². The molecular formula is C15H13F3N2O7. The predicted molar refractivity (Wildman–Crippen MR) is 79.7 cm³/mol. The van der Waals surface area contributed by atoms with E-state index in [0.29, 0.717) is 5.75 Å². The van der Waals surface area contributed by atoms with Gasteiger partial charge in [-0.05, 0) is 12.1 Å². The van der Waals surface area contributed by atoms with Gasteiger partial charge in [0.1, 0.15) is 24.1 Å². The van der Waals surface area contributed by atoms with E-state index in [1.165, 1.54) is 19.4 Å². The fraction of sp³-hybridized carbons (Fsp3) is 0.333. The molecule has 1 saturated heterocycles. The van der Waals surface area contributed by atoms with Crippen molar-refractivity contribution in [3.63, 3.8) is 0 Å². The van der Waals surface area contributed by atoms with Crippen LogP contribution in [0.5, 0.6) is 5.75 Å². The normalized spacial score (nSPS) is 23.2. The van der Waals surface area contributed by atoms with Crippen LogP contribution in [0.4, 0.5) is 13.2 Å². The van der Waals surface area contributed by atoms with Gasteiger partial charge in [0.15, 0.2) is 11.5 Å². The molecule has 0 radical (unpaired) electrons. The maximum absolute atomic E-state index is 12.1. The summed E-state index contributed by atoms with van der Waals surface area (Å²) >= 11 is 0. The Hall–Kier alpha value is -2.99. The molecule has 0 spiro atoms. The fourth-order valence-electron chi connectivity index (χ4n) is 2.12. The number of fused-ring (bicyclic) bond motifs is 1. The van der Waals surface area contributed by atoms with Crippen molar-refractivity contribution in [3.05, 3.63) is 35.8 Å². The Morgan fingerprint density at radius 2 is 2.00 bits per heavy atom. The van der Waals surface area contributed by atoms with Crippen molar-refractivity contribution in [2.75, 3.05) is 7.11 Å². The maximum Gasteiger partial charge on any atom is 0.490 e. The molecule has 1 aliphatic carbocycles. The van der Waals surface area contributed by atoms with Crippen LogP contribution < -0.4 is 10.1 Å². The van der Waals surface area contributed by atoms with Crippen molar-refractivity contribution in [3.8, 4) is 5.75 Å². The number of nitrogens with one attached hydrogen (secondary N) is 1. The second-order valence-electron chi connectivity index (χ2n) is 5.28. The van der Waals surface area contributed by atoms with Crippen molar-refractivity contribution in [2.45, 2.75) is 24.5 Å². The lowest BCUT2D eigenvalue weighted by Crippen LogP contribution is -2.38. The minimum Gasteiger partial charge on any atom is -0.494 e. The molecule has 1 aromatic heterocycles. The second kappa shape index (κ2) is 7.72. The summed E-state index contributed by atoms with van der Waals surface area (Å²) in [4.78, 5) is 36.5. The Morgan fingerprint density at radius 3 is 2.56 bits per heavy atom. The number of methoxy groups -OCH3 is 1. The van der Waals surface area contributed by atoms with Gasteiger partial charge < -0.3 is 25.0 Å². The molecule has 9 nitrogen and oxygen atoms in total. The number of aliphatic hydroxyl groups is 1. The third-order valence-electron chi connectivity index (χ3n) is 3.44. The largest absolute Gasteiger partial charge is 0.494 e. The van der Waals surface area contributed by atoms with Gasteiger partial charge in [0.05, 0.1) is 12.8 Å². The number of carbonyl (C=O) groups excluding carboxylic acids is 2. The number of carboxylic acid groups (broad SMARTS) is 1. The smallest absolute Gasteiger partial charge is 0.490 e. The highest BCUT2D eigenvalue weighted by Gasteiger charge is 2.53. The Kier molecular flexibility index (Phi) is 5.81. The summed E-state index contributed by atoms with van der Waals surface area (Å²) in [5.74, 6) is -3.27. The number of alkyl halides is 3. The molecule has 3 atom stereocenters. The van der Waals surface area contributed by atoms with Gasteiger partial charge in [0, 0.05) is 12.3 Å². The van der Waals surface area contributed by atoms with E-state index < -0.39 is 36.4 Å². The van der Waals surface area contributed by atoms with E-state index >= 15 is 0 Å². The first-order valence-electron chi connectivity index (χ1n) is 7.25. The lowest BCUT2D eigenvalue weighted by molar-refractivity contribution is -0.192. The standard InChI is InChI=1S/C13H12N2O5.C2HF3O2/c1-19-8-3-2-4-14-9(8)13(18)15-6-5-7(16)11-12(20-11)10(6)17;3-2(4,5)1(6)7/h2-5,10-12,17H,1H3,(H,15,18);(H,6,7). The highest BCUT2D eigenvalue weighted by Crippen LogP contribution is 2.33. The molecule has 0 saturated carbocycles. The molecule has 0 bridgehead atoms. The number of aromatic nitrogens is 1. The number of pyridine rings is 1. The number of rotatable bonds is 3. The molecule has 27 heavy (non-hydrogen) atoms. The number of aliphatic hydroxyl groups excluding tert-OH is 1. The molecule has 1 amide bonds. The molecule has 1 aromatic rings. The van der Waals surface area contributed by atoms with E-state index in [9.17, 15) is 27.9 Å². The number of epoxide rings is 1. The van der Waals surface area contributed by atoms with Crippen LogP contribution >= 0.6 is 0 Å². The van der Waals surface area contributed by atoms with Crippen LogP contribution in [0.25, 0.3) is 0 Å². The third-order valence-corrected chi connectivity index (χ3v) is 3.44. The quantitative estimate of drug-likeness (QED) is 0.616. The monoisotopic (exact) mass is 390 g/mol. The fourth-order valence-corrected chi connectivity index (χ4v) is 2.12. The topological polar surface area (TPSA) is 138 Å². The van der Waals surface area contributed by atoms with Crippen LogP contribution in [0.1, 0.15) is 10.5 Å². The summed E-state index contributed by atoms with van der Waals surface area (Å²) in [6.07, 6.45) is -4.60. The average Bonchev–Trinajstić information content (AvgIpc) is 3.40. The zero-order valence-corrected chi connectivity index (χ0v) is 13.6. The Morgan fingerprint density at radius 1 is 1.37 bits per heavy atom. The number of aliphatic carboxylic acids is 1.